The van der Waals surface area contributed by atoms with Gasteiger partial charge in [-0.2, -0.15) is 14.6 Å². The molecule has 8 heteroatoms. The van der Waals surface area contributed by atoms with Gasteiger partial charge in [-0.25, -0.2) is 0 Å². The fourth-order valence-electron chi connectivity index (χ4n) is 2.05. The van der Waals surface area contributed by atoms with E-state index in [2.05, 4.69) is 25.6 Å². The monoisotopic (exact) mass is 343 g/mol. The van der Waals surface area contributed by atoms with E-state index >= 15 is 0 Å². The molecule has 1 saturated heterocycles. The first-order chi connectivity index (χ1) is 9.36. The molecule has 0 spiro atoms. The van der Waals surface area contributed by atoms with Gasteiger partial charge in [0.05, 0.1) is 11.6 Å². The summed E-state index contributed by atoms with van der Waals surface area (Å²) in [4.78, 5) is 6.82. The molecule has 1 aromatic heterocycles. The van der Waals surface area contributed by atoms with Gasteiger partial charge in [-0.1, -0.05) is 12.1 Å². The minimum atomic E-state index is 0. The molecule has 3 rings (SSSR count). The van der Waals surface area contributed by atoms with Crippen molar-refractivity contribution in [2.24, 2.45) is 0 Å². The average molecular weight is 344 g/mol. The molecular weight excluding hydrogens is 329 g/mol. The van der Waals surface area contributed by atoms with Gasteiger partial charge in [-0.15, -0.1) is 24.8 Å². The number of hydrogen-bond acceptors (Lipinski definition) is 6. The number of piperazine rings is 1. The predicted octanol–water partition coefficient (Wildman–Crippen LogP) is 2.33. The van der Waals surface area contributed by atoms with Crippen LogP contribution in [0.5, 0.6) is 0 Å². The Morgan fingerprint density at radius 1 is 1.24 bits per heavy atom. The van der Waals surface area contributed by atoms with Crippen LogP contribution in [0.2, 0.25) is 0 Å². The van der Waals surface area contributed by atoms with Crippen molar-refractivity contribution >= 4 is 41.5 Å². The van der Waals surface area contributed by atoms with Gasteiger partial charge in [0, 0.05) is 43.3 Å². The number of aromatic nitrogens is 2. The van der Waals surface area contributed by atoms with Gasteiger partial charge in [0.15, 0.2) is 5.82 Å². The van der Waals surface area contributed by atoms with Crippen LogP contribution in [0.3, 0.4) is 0 Å². The minimum absolute atomic E-state index is 0. The van der Waals surface area contributed by atoms with Crippen LogP contribution in [-0.2, 0) is 0 Å². The van der Waals surface area contributed by atoms with Crippen molar-refractivity contribution in [2.45, 2.75) is 0 Å². The number of rotatable bonds is 2. The number of halogens is 2. The molecule has 2 heterocycles. The standard InChI is InChI=1S/C13H13N5S.2ClH/c14-9-10-2-1-3-11(8-10)12-16-13(19-17-12)18-6-4-15-5-7-18;;/h1-3,8,15H,4-7H2;2*1H. The maximum absolute atomic E-state index is 8.91. The fourth-order valence-corrected chi connectivity index (χ4v) is 2.78. The Morgan fingerprint density at radius 3 is 2.71 bits per heavy atom. The lowest BCUT2D eigenvalue weighted by Crippen LogP contribution is -2.43. The zero-order chi connectivity index (χ0) is 13.1. The first kappa shape index (κ1) is 17.7. The molecule has 1 aliphatic heterocycles. The van der Waals surface area contributed by atoms with E-state index in [1.807, 2.05) is 18.2 Å². The molecule has 2 aromatic rings. The molecule has 112 valence electrons. The minimum Gasteiger partial charge on any atom is -0.344 e. The van der Waals surface area contributed by atoms with Crippen LogP contribution in [0.4, 0.5) is 5.13 Å². The first-order valence-corrected chi connectivity index (χ1v) is 6.94. The molecule has 0 saturated carbocycles. The van der Waals surface area contributed by atoms with Crippen molar-refractivity contribution in [3.8, 4) is 17.5 Å². The number of nitrogens with one attached hydrogen (secondary N) is 1. The second-order valence-electron chi connectivity index (χ2n) is 4.33. The summed E-state index contributed by atoms with van der Waals surface area (Å²) in [5.74, 6) is 0.704. The molecule has 0 unspecified atom stereocenters. The van der Waals surface area contributed by atoms with E-state index in [1.54, 1.807) is 6.07 Å². The van der Waals surface area contributed by atoms with Gasteiger partial charge >= 0.3 is 0 Å². The van der Waals surface area contributed by atoms with Crippen LogP contribution < -0.4 is 10.2 Å². The van der Waals surface area contributed by atoms with Crippen molar-refractivity contribution in [3.63, 3.8) is 0 Å². The molecule has 0 bridgehead atoms. The normalized spacial score (nSPS) is 13.8. The number of benzene rings is 1. The Labute approximate surface area is 140 Å². The summed E-state index contributed by atoms with van der Waals surface area (Å²) in [5.41, 5.74) is 1.53. The van der Waals surface area contributed by atoms with Crippen molar-refractivity contribution < 1.29 is 0 Å². The van der Waals surface area contributed by atoms with Crippen LogP contribution >= 0.6 is 36.3 Å². The van der Waals surface area contributed by atoms with E-state index in [1.165, 1.54) is 11.5 Å². The van der Waals surface area contributed by atoms with Gasteiger partial charge in [0.1, 0.15) is 0 Å². The maximum atomic E-state index is 8.91. The van der Waals surface area contributed by atoms with E-state index in [0.717, 1.165) is 36.9 Å². The van der Waals surface area contributed by atoms with Crippen LogP contribution in [0, 0.1) is 11.3 Å². The number of nitrogens with zero attached hydrogens (tertiary/aromatic N) is 4. The van der Waals surface area contributed by atoms with E-state index < -0.39 is 0 Å². The highest BCUT2D eigenvalue weighted by molar-refractivity contribution is 7.09. The predicted molar refractivity (Wildman–Crippen MR) is 89.6 cm³/mol. The van der Waals surface area contributed by atoms with E-state index in [9.17, 15) is 0 Å². The van der Waals surface area contributed by atoms with Gasteiger partial charge < -0.3 is 10.2 Å². The average Bonchev–Trinajstić information content (AvgIpc) is 2.98. The zero-order valence-corrected chi connectivity index (χ0v) is 13.6. The molecule has 0 amide bonds. The van der Waals surface area contributed by atoms with Crippen LogP contribution in [0.1, 0.15) is 5.56 Å². The Hall–Kier alpha value is -1.39. The summed E-state index contributed by atoms with van der Waals surface area (Å²) >= 11 is 1.42. The third kappa shape index (κ3) is 4.05. The topological polar surface area (TPSA) is 64.8 Å². The Balaban J connectivity index is 0.00000110. The van der Waals surface area contributed by atoms with Crippen LogP contribution in [-0.4, -0.2) is 35.5 Å². The summed E-state index contributed by atoms with van der Waals surface area (Å²) in [6, 6.07) is 9.54. The molecule has 0 radical (unpaired) electrons. The van der Waals surface area contributed by atoms with Crippen molar-refractivity contribution in [1.82, 2.24) is 14.7 Å². The Morgan fingerprint density at radius 2 is 2.00 bits per heavy atom. The highest BCUT2D eigenvalue weighted by atomic mass is 35.5. The number of anilines is 1. The largest absolute Gasteiger partial charge is 0.344 e. The lowest BCUT2D eigenvalue weighted by Gasteiger charge is -2.26. The van der Waals surface area contributed by atoms with Gasteiger partial charge in [0.2, 0.25) is 5.13 Å². The smallest absolute Gasteiger partial charge is 0.205 e. The zero-order valence-electron chi connectivity index (χ0n) is 11.2. The molecule has 1 N–H and O–H groups in total. The summed E-state index contributed by atoms with van der Waals surface area (Å²) in [5, 5.41) is 13.2. The van der Waals surface area contributed by atoms with E-state index in [4.69, 9.17) is 5.26 Å². The van der Waals surface area contributed by atoms with Gasteiger partial charge in [0.25, 0.3) is 0 Å². The molecule has 1 aromatic carbocycles. The lowest BCUT2D eigenvalue weighted by atomic mass is 10.1. The number of hydrogen-bond donors (Lipinski definition) is 1. The van der Waals surface area contributed by atoms with Crippen LogP contribution in [0.25, 0.3) is 11.4 Å². The molecule has 5 nitrogen and oxygen atoms in total. The highest BCUT2D eigenvalue weighted by Gasteiger charge is 2.15. The van der Waals surface area contributed by atoms with Crippen molar-refractivity contribution in [3.05, 3.63) is 29.8 Å². The van der Waals surface area contributed by atoms with Crippen LogP contribution in [0.15, 0.2) is 24.3 Å². The van der Waals surface area contributed by atoms with Gasteiger partial charge in [-0.05, 0) is 12.1 Å². The van der Waals surface area contributed by atoms with E-state index in [0.29, 0.717) is 11.4 Å². The van der Waals surface area contributed by atoms with Crippen molar-refractivity contribution in [2.75, 3.05) is 31.1 Å². The molecule has 1 fully saturated rings. The quantitative estimate of drug-likeness (QED) is 0.906. The first-order valence-electron chi connectivity index (χ1n) is 6.17. The molecule has 0 aliphatic carbocycles. The van der Waals surface area contributed by atoms with E-state index in [-0.39, 0.29) is 24.8 Å². The Kier molecular flexibility index (Phi) is 6.85. The second-order valence-corrected chi connectivity index (χ2v) is 5.06. The fraction of sp³-hybridized carbons (Fsp3) is 0.308. The summed E-state index contributed by atoms with van der Waals surface area (Å²) in [6.45, 7) is 3.90. The lowest BCUT2D eigenvalue weighted by molar-refractivity contribution is 0.588. The third-order valence-corrected chi connectivity index (χ3v) is 3.83. The number of nitriles is 1. The summed E-state index contributed by atoms with van der Waals surface area (Å²) < 4.78 is 4.40. The summed E-state index contributed by atoms with van der Waals surface area (Å²) in [6.07, 6.45) is 0. The highest BCUT2D eigenvalue weighted by Crippen LogP contribution is 2.24. The molecular formula is C13H15Cl2N5S. The van der Waals surface area contributed by atoms with Gasteiger partial charge in [-0.3, -0.25) is 0 Å². The maximum Gasteiger partial charge on any atom is 0.205 e. The molecule has 0 atom stereocenters. The second kappa shape index (κ2) is 8.15. The SMILES string of the molecule is Cl.Cl.N#Cc1cccc(-c2nsc(N3CCNCC3)n2)c1. The van der Waals surface area contributed by atoms with Crippen molar-refractivity contribution in [1.29, 1.82) is 5.26 Å². The molecule has 21 heavy (non-hydrogen) atoms. The summed E-state index contributed by atoms with van der Waals surface area (Å²) in [7, 11) is 0. The molecule has 1 aliphatic rings. The third-order valence-electron chi connectivity index (χ3n) is 3.05. The Bertz CT molecular complexity index is 619.